The van der Waals surface area contributed by atoms with Gasteiger partial charge in [0.15, 0.2) is 0 Å². The molecule has 0 amide bonds. The average Bonchev–Trinajstić information content (AvgIpc) is 2.85. The van der Waals surface area contributed by atoms with E-state index in [-0.39, 0.29) is 0 Å². The predicted molar refractivity (Wildman–Crippen MR) is 141 cm³/mol. The van der Waals surface area contributed by atoms with Gasteiger partial charge < -0.3 is 26.6 Å². The van der Waals surface area contributed by atoms with Crippen LogP contribution in [-0.4, -0.2) is 60.3 Å². The van der Waals surface area contributed by atoms with Gasteiger partial charge in [0.25, 0.3) is 0 Å². The van der Waals surface area contributed by atoms with Crippen molar-refractivity contribution in [2.24, 2.45) is 0 Å². The second-order valence-electron chi connectivity index (χ2n) is 7.92. The fourth-order valence-corrected chi connectivity index (χ4v) is 6.74. The van der Waals surface area contributed by atoms with Gasteiger partial charge in [-0.2, -0.15) is 0 Å². The van der Waals surface area contributed by atoms with Crippen molar-refractivity contribution in [3.8, 4) is 0 Å². The van der Waals surface area contributed by atoms with Gasteiger partial charge in [0.05, 0.1) is 0 Å². The molecular weight excluding hydrogens is 440 g/mol. The highest BCUT2D eigenvalue weighted by Crippen LogP contribution is 2.18. The first kappa shape index (κ1) is 36.8. The molecule has 0 unspecified atom stereocenters. The third-order valence-corrected chi connectivity index (χ3v) is 11.2. The van der Waals surface area contributed by atoms with Gasteiger partial charge in [-0.05, 0) is 12.8 Å². The molecule has 6 nitrogen and oxygen atoms in total. The van der Waals surface area contributed by atoms with Crippen LogP contribution in [0.2, 0.25) is 12.1 Å². The number of rotatable bonds is 19. The van der Waals surface area contributed by atoms with Gasteiger partial charge >= 0.3 is 17.6 Å². The van der Waals surface area contributed by atoms with Crippen LogP contribution in [0.1, 0.15) is 105 Å². The molecule has 32 heavy (non-hydrogen) atoms. The molecule has 0 aromatic heterocycles. The molecule has 0 aliphatic carbocycles. The maximum absolute atomic E-state index is 5.31. The van der Waals surface area contributed by atoms with Crippen LogP contribution in [-0.2, 0) is 26.6 Å². The predicted octanol–water partition coefficient (Wildman–Crippen LogP) is 7.48. The second-order valence-corrected chi connectivity index (χ2v) is 14.1. The lowest BCUT2D eigenvalue weighted by atomic mass is 10.2. The third kappa shape index (κ3) is 20.8. The Morgan fingerprint density at radius 1 is 0.344 bits per heavy atom. The molecule has 0 aromatic rings. The van der Waals surface area contributed by atoms with E-state index in [0.717, 1.165) is 24.9 Å². The van der Waals surface area contributed by atoms with Crippen LogP contribution < -0.4 is 0 Å². The number of hydrogen-bond donors (Lipinski definition) is 0. The van der Waals surface area contributed by atoms with Crippen LogP contribution >= 0.6 is 0 Å². The Bertz CT molecular complexity index is 292. The lowest BCUT2D eigenvalue weighted by Crippen LogP contribution is -2.42. The fourth-order valence-electron chi connectivity index (χ4n) is 3.15. The monoisotopic (exact) mass is 498 g/mol. The van der Waals surface area contributed by atoms with Crippen molar-refractivity contribution in [2.75, 3.05) is 42.7 Å². The molecule has 0 aliphatic heterocycles. The van der Waals surface area contributed by atoms with Crippen LogP contribution in [0, 0.1) is 0 Å². The Labute approximate surface area is 203 Å². The Morgan fingerprint density at radius 3 is 0.750 bits per heavy atom. The van der Waals surface area contributed by atoms with Crippen molar-refractivity contribution < 1.29 is 26.6 Å². The maximum Gasteiger partial charge on any atom is 0.500 e. The summed E-state index contributed by atoms with van der Waals surface area (Å²) in [4.78, 5) is 0. The summed E-state index contributed by atoms with van der Waals surface area (Å²) in [5.74, 6) is 0. The first-order valence-electron chi connectivity index (χ1n) is 12.7. The highest BCUT2D eigenvalue weighted by Gasteiger charge is 2.37. The van der Waals surface area contributed by atoms with E-state index in [4.69, 9.17) is 26.6 Å². The highest BCUT2D eigenvalue weighted by atomic mass is 28.4. The van der Waals surface area contributed by atoms with Crippen molar-refractivity contribution in [2.45, 2.75) is 117 Å². The van der Waals surface area contributed by atoms with E-state index < -0.39 is 17.6 Å². The first-order valence-corrected chi connectivity index (χ1v) is 16.6. The summed E-state index contributed by atoms with van der Waals surface area (Å²) in [7, 11) is 5.46. The topological polar surface area (TPSA) is 55.4 Å². The van der Waals surface area contributed by atoms with Gasteiger partial charge in [-0.25, -0.2) is 0 Å². The Morgan fingerprint density at radius 2 is 0.562 bits per heavy atom. The summed E-state index contributed by atoms with van der Waals surface area (Å²) in [5, 5.41) is 0. The number of unbranched alkanes of at least 4 members (excludes halogenated alkanes) is 9. The average molecular weight is 499 g/mol. The smallest absolute Gasteiger partial charge is 0.377 e. The van der Waals surface area contributed by atoms with Crippen LogP contribution in [0.25, 0.3) is 0 Å². The SMILES string of the molecule is CCCCCC.CCCCCC[Si](OC)(OC)OC.CCCCCC[Si](OC)(OC)OC. The van der Waals surface area contributed by atoms with E-state index in [9.17, 15) is 0 Å². The van der Waals surface area contributed by atoms with E-state index in [1.165, 1.54) is 64.2 Å². The third-order valence-electron chi connectivity index (χ3n) is 5.50. The fraction of sp³-hybridized carbons (Fsp3) is 1.00. The zero-order chi connectivity index (χ0) is 25.1. The molecule has 0 bridgehead atoms. The Hall–Kier alpha value is 0.194. The van der Waals surface area contributed by atoms with Gasteiger partial charge in [-0.15, -0.1) is 0 Å². The van der Waals surface area contributed by atoms with E-state index in [2.05, 4.69) is 27.7 Å². The van der Waals surface area contributed by atoms with Crippen molar-refractivity contribution in [1.29, 1.82) is 0 Å². The molecular formula is C24H58O6Si2. The first-order chi connectivity index (χ1) is 15.4. The van der Waals surface area contributed by atoms with E-state index >= 15 is 0 Å². The molecule has 198 valence electrons. The highest BCUT2D eigenvalue weighted by molar-refractivity contribution is 6.60. The van der Waals surface area contributed by atoms with Crippen LogP contribution in [0.15, 0.2) is 0 Å². The largest absolute Gasteiger partial charge is 0.500 e. The van der Waals surface area contributed by atoms with Crippen molar-refractivity contribution in [3.63, 3.8) is 0 Å². The molecule has 0 aliphatic rings. The van der Waals surface area contributed by atoms with Crippen molar-refractivity contribution in [3.05, 3.63) is 0 Å². The summed E-state index contributed by atoms with van der Waals surface area (Å²) in [5.41, 5.74) is 0. The lowest BCUT2D eigenvalue weighted by Gasteiger charge is -2.24. The maximum atomic E-state index is 5.31. The molecule has 0 saturated carbocycles. The molecule has 0 fully saturated rings. The minimum atomic E-state index is -2.27. The van der Waals surface area contributed by atoms with E-state index in [0.29, 0.717) is 0 Å². The zero-order valence-corrected chi connectivity index (χ0v) is 25.3. The van der Waals surface area contributed by atoms with Gasteiger partial charge in [0.2, 0.25) is 0 Å². The summed E-state index contributed by atoms with van der Waals surface area (Å²) >= 11 is 0. The molecule has 0 atom stereocenters. The van der Waals surface area contributed by atoms with Crippen molar-refractivity contribution >= 4 is 17.6 Å². The molecule has 0 N–H and O–H groups in total. The summed E-state index contributed by atoms with van der Waals surface area (Å²) in [6.45, 7) is 8.87. The van der Waals surface area contributed by atoms with Gasteiger partial charge in [-0.1, -0.05) is 91.9 Å². The molecule has 0 aromatic carbocycles. The van der Waals surface area contributed by atoms with Crippen LogP contribution in [0.4, 0.5) is 0 Å². The summed E-state index contributed by atoms with van der Waals surface area (Å²) in [6, 6.07) is 1.85. The Balaban J connectivity index is -0.000000422. The standard InChI is InChI=1S/2C9H22O3Si.C6H14/c2*1-5-6-7-8-9-13(10-2,11-3)12-4;1-3-5-6-4-2/h2*5-9H2,1-4H3;3-6H2,1-2H3. The van der Waals surface area contributed by atoms with Gasteiger partial charge in [-0.3, -0.25) is 0 Å². The summed E-state index contributed by atoms with van der Waals surface area (Å²) in [6.07, 6.45) is 15.3. The zero-order valence-electron chi connectivity index (χ0n) is 23.3. The van der Waals surface area contributed by atoms with Gasteiger partial charge in [0.1, 0.15) is 0 Å². The normalized spacial score (nSPS) is 11.4. The molecule has 0 spiro atoms. The van der Waals surface area contributed by atoms with Crippen LogP contribution in [0.5, 0.6) is 0 Å². The van der Waals surface area contributed by atoms with Crippen LogP contribution in [0.3, 0.4) is 0 Å². The minimum Gasteiger partial charge on any atom is -0.377 e. The molecule has 0 rings (SSSR count). The Kier molecular flexibility index (Phi) is 31.5. The molecule has 0 saturated heterocycles. The number of hydrogen-bond acceptors (Lipinski definition) is 6. The van der Waals surface area contributed by atoms with E-state index in [1.54, 1.807) is 42.7 Å². The van der Waals surface area contributed by atoms with E-state index in [1.807, 2.05) is 0 Å². The summed E-state index contributed by atoms with van der Waals surface area (Å²) < 4.78 is 31.9. The molecule has 0 radical (unpaired) electrons. The lowest BCUT2D eigenvalue weighted by molar-refractivity contribution is 0.122. The molecule has 0 heterocycles. The minimum absolute atomic E-state index is 0.927. The quantitative estimate of drug-likeness (QED) is 0.136. The van der Waals surface area contributed by atoms with Crippen molar-refractivity contribution in [1.82, 2.24) is 0 Å². The van der Waals surface area contributed by atoms with Gasteiger partial charge in [0, 0.05) is 54.7 Å². The second kappa shape index (κ2) is 27.4. The molecule has 8 heteroatoms.